The lowest BCUT2D eigenvalue weighted by atomic mass is 10.2. The molecule has 1 rings (SSSR count). The minimum Gasteiger partial charge on any atom is -0.468 e. The van der Waals surface area contributed by atoms with Crippen molar-refractivity contribution in [2.75, 3.05) is 27.7 Å². The number of hydrogen-bond donors (Lipinski definition) is 0. The van der Waals surface area contributed by atoms with Crippen molar-refractivity contribution in [3.8, 4) is 0 Å². The fraction of sp³-hybridized carbons (Fsp3) is 0.417. The van der Waals surface area contributed by atoms with Gasteiger partial charge in [-0.2, -0.15) is 17.0 Å². The molecule has 1 aromatic rings. The number of carbonyl (C=O) groups excluding carboxylic acids is 1. The van der Waals surface area contributed by atoms with E-state index in [2.05, 4.69) is 4.74 Å². The van der Waals surface area contributed by atoms with Crippen molar-refractivity contribution >= 4 is 16.2 Å². The average Bonchev–Trinajstić information content (AvgIpc) is 2.38. The van der Waals surface area contributed by atoms with Crippen LogP contribution in [-0.4, -0.2) is 50.7 Å². The fourth-order valence-corrected chi connectivity index (χ4v) is 2.49. The molecule has 0 atom stereocenters. The molecule has 1 aromatic carbocycles. The van der Waals surface area contributed by atoms with Crippen LogP contribution in [0.25, 0.3) is 0 Å². The summed E-state index contributed by atoms with van der Waals surface area (Å²) in [6.45, 7) is -0.192. The highest BCUT2D eigenvalue weighted by Gasteiger charge is 2.27. The first-order chi connectivity index (χ1) is 8.87. The van der Waals surface area contributed by atoms with Crippen molar-refractivity contribution in [1.82, 2.24) is 8.61 Å². The first kappa shape index (κ1) is 15.6. The van der Waals surface area contributed by atoms with Crippen LogP contribution in [0.4, 0.5) is 0 Å². The molecule has 0 aliphatic rings. The molecule has 106 valence electrons. The summed E-state index contributed by atoms with van der Waals surface area (Å²) < 4.78 is 30.9. The second-order valence-corrected chi connectivity index (χ2v) is 6.26. The number of methoxy groups -OCH3 is 1. The summed E-state index contributed by atoms with van der Waals surface area (Å²) in [6, 6.07) is 9.07. The van der Waals surface area contributed by atoms with E-state index in [1.54, 1.807) is 12.1 Å². The van der Waals surface area contributed by atoms with E-state index < -0.39 is 16.2 Å². The smallest absolute Gasteiger partial charge is 0.321 e. The first-order valence-corrected chi connectivity index (χ1v) is 7.06. The number of nitrogens with zero attached hydrogens (tertiary/aromatic N) is 2. The highest BCUT2D eigenvalue weighted by Crippen LogP contribution is 2.11. The highest BCUT2D eigenvalue weighted by molar-refractivity contribution is 7.86. The van der Waals surface area contributed by atoms with E-state index in [9.17, 15) is 13.2 Å². The monoisotopic (exact) mass is 286 g/mol. The molecular weight excluding hydrogens is 268 g/mol. The molecule has 19 heavy (non-hydrogen) atoms. The van der Waals surface area contributed by atoms with E-state index >= 15 is 0 Å². The van der Waals surface area contributed by atoms with Gasteiger partial charge in [-0.25, -0.2) is 0 Å². The molecule has 0 aliphatic carbocycles. The molecule has 0 N–H and O–H groups in total. The van der Waals surface area contributed by atoms with E-state index in [1.165, 1.54) is 21.2 Å². The Labute approximate surface area is 113 Å². The lowest BCUT2D eigenvalue weighted by Gasteiger charge is -2.24. The van der Waals surface area contributed by atoms with Crippen molar-refractivity contribution < 1.29 is 17.9 Å². The summed E-state index contributed by atoms with van der Waals surface area (Å²) in [6.07, 6.45) is 0. The summed E-state index contributed by atoms with van der Waals surface area (Å²) in [4.78, 5) is 11.3. The Hall–Kier alpha value is -1.44. The van der Waals surface area contributed by atoms with E-state index in [0.717, 1.165) is 14.2 Å². The van der Waals surface area contributed by atoms with Gasteiger partial charge < -0.3 is 4.74 Å². The summed E-state index contributed by atoms with van der Waals surface area (Å²) in [5, 5.41) is 0. The molecular formula is C12H18N2O4S. The molecule has 6 nitrogen and oxygen atoms in total. The minimum atomic E-state index is -3.68. The molecule has 0 spiro atoms. The Bertz CT molecular complexity index is 514. The molecule has 0 fully saturated rings. The van der Waals surface area contributed by atoms with Gasteiger partial charge in [-0.15, -0.1) is 0 Å². The Morgan fingerprint density at radius 2 is 1.79 bits per heavy atom. The molecule has 0 radical (unpaired) electrons. The van der Waals surface area contributed by atoms with E-state index in [1.807, 2.05) is 18.2 Å². The van der Waals surface area contributed by atoms with Crippen LogP contribution in [0.1, 0.15) is 5.56 Å². The number of carbonyl (C=O) groups is 1. The summed E-state index contributed by atoms with van der Waals surface area (Å²) in [5.74, 6) is -0.596. The third-order valence-electron chi connectivity index (χ3n) is 2.52. The lowest BCUT2D eigenvalue weighted by Crippen LogP contribution is -2.42. The molecule has 0 saturated heterocycles. The third kappa shape index (κ3) is 4.30. The molecule has 0 saturated carbocycles. The molecule has 7 heteroatoms. The van der Waals surface area contributed by atoms with Crippen LogP contribution >= 0.6 is 0 Å². The normalized spacial score (nSPS) is 11.8. The van der Waals surface area contributed by atoms with Gasteiger partial charge in [0.25, 0.3) is 10.2 Å². The maximum Gasteiger partial charge on any atom is 0.321 e. The number of hydrogen-bond acceptors (Lipinski definition) is 4. The van der Waals surface area contributed by atoms with E-state index in [4.69, 9.17) is 0 Å². The second kappa shape index (κ2) is 6.65. The van der Waals surface area contributed by atoms with Gasteiger partial charge >= 0.3 is 5.97 Å². The van der Waals surface area contributed by atoms with Crippen LogP contribution < -0.4 is 0 Å². The maximum atomic E-state index is 12.1. The zero-order chi connectivity index (χ0) is 14.5. The van der Waals surface area contributed by atoms with Crippen LogP contribution in [0.2, 0.25) is 0 Å². The standard InChI is InChI=1S/C12H18N2O4S/c1-13(2)19(16,17)14(10-12(15)18-3)9-11-7-5-4-6-8-11/h4-8H,9-10H2,1-3H3. The first-order valence-electron chi connectivity index (χ1n) is 5.66. The molecule has 0 amide bonds. The van der Waals surface area contributed by atoms with Crippen LogP contribution in [-0.2, 0) is 26.3 Å². The Morgan fingerprint density at radius 3 is 2.26 bits per heavy atom. The van der Waals surface area contributed by atoms with Gasteiger partial charge in [0.15, 0.2) is 0 Å². The molecule has 0 aliphatic heterocycles. The lowest BCUT2D eigenvalue weighted by molar-refractivity contribution is -0.140. The number of ether oxygens (including phenoxy) is 1. The van der Waals surface area contributed by atoms with Crippen molar-refractivity contribution in [1.29, 1.82) is 0 Å². The van der Waals surface area contributed by atoms with Gasteiger partial charge in [0.1, 0.15) is 6.54 Å². The zero-order valence-corrected chi connectivity index (χ0v) is 12.1. The van der Waals surface area contributed by atoms with Gasteiger partial charge in [0.2, 0.25) is 0 Å². The molecule has 0 aromatic heterocycles. The third-order valence-corrected chi connectivity index (χ3v) is 4.36. The van der Waals surface area contributed by atoms with E-state index in [-0.39, 0.29) is 13.1 Å². The summed E-state index contributed by atoms with van der Waals surface area (Å²) in [5.41, 5.74) is 0.803. The SMILES string of the molecule is COC(=O)CN(Cc1ccccc1)S(=O)(=O)N(C)C. The van der Waals surface area contributed by atoms with Gasteiger partial charge in [-0.05, 0) is 5.56 Å². The Morgan fingerprint density at radius 1 is 1.21 bits per heavy atom. The van der Waals surface area contributed by atoms with Crippen molar-refractivity contribution in [3.63, 3.8) is 0 Å². The second-order valence-electron chi connectivity index (χ2n) is 4.12. The van der Waals surface area contributed by atoms with Crippen LogP contribution in [0, 0.1) is 0 Å². The number of esters is 1. The quantitative estimate of drug-likeness (QED) is 0.713. The fourth-order valence-electron chi connectivity index (χ4n) is 1.45. The Balaban J connectivity index is 2.97. The van der Waals surface area contributed by atoms with Gasteiger partial charge in [-0.1, -0.05) is 30.3 Å². The number of rotatable bonds is 6. The van der Waals surface area contributed by atoms with Crippen LogP contribution in [0.3, 0.4) is 0 Å². The topological polar surface area (TPSA) is 66.9 Å². The van der Waals surface area contributed by atoms with Crippen LogP contribution in [0.5, 0.6) is 0 Å². The highest BCUT2D eigenvalue weighted by atomic mass is 32.2. The summed E-state index contributed by atoms with van der Waals surface area (Å²) >= 11 is 0. The van der Waals surface area contributed by atoms with Gasteiger partial charge in [0, 0.05) is 20.6 Å². The predicted octanol–water partition coefficient (Wildman–Crippen LogP) is 0.468. The molecule has 0 unspecified atom stereocenters. The zero-order valence-electron chi connectivity index (χ0n) is 11.2. The molecule has 0 bridgehead atoms. The van der Waals surface area contributed by atoms with Crippen molar-refractivity contribution in [2.45, 2.75) is 6.54 Å². The Kier molecular flexibility index (Phi) is 5.46. The maximum absolute atomic E-state index is 12.1. The van der Waals surface area contributed by atoms with Gasteiger partial charge in [0.05, 0.1) is 7.11 Å². The van der Waals surface area contributed by atoms with Crippen molar-refractivity contribution in [3.05, 3.63) is 35.9 Å². The van der Waals surface area contributed by atoms with Crippen molar-refractivity contribution in [2.24, 2.45) is 0 Å². The minimum absolute atomic E-state index is 0.121. The number of benzene rings is 1. The average molecular weight is 286 g/mol. The largest absolute Gasteiger partial charge is 0.468 e. The summed E-state index contributed by atoms with van der Waals surface area (Å²) in [7, 11) is 0.393. The predicted molar refractivity (Wildman–Crippen MR) is 71.5 cm³/mol. The van der Waals surface area contributed by atoms with Crippen LogP contribution in [0.15, 0.2) is 30.3 Å². The van der Waals surface area contributed by atoms with Gasteiger partial charge in [-0.3, -0.25) is 4.79 Å². The molecule has 0 heterocycles. The van der Waals surface area contributed by atoms with E-state index in [0.29, 0.717) is 0 Å².